The lowest BCUT2D eigenvalue weighted by Crippen LogP contribution is -2.07. The molecule has 0 saturated heterocycles. The van der Waals surface area contributed by atoms with E-state index < -0.39 is 0 Å². The van der Waals surface area contributed by atoms with Crippen LogP contribution in [0.4, 0.5) is 11.8 Å². The SMILES string of the molecule is CCNc1ncc(C)c(NCc2cc(Br)cs2)n1. The van der Waals surface area contributed by atoms with Crippen LogP contribution in [0, 0.1) is 6.92 Å². The summed E-state index contributed by atoms with van der Waals surface area (Å²) in [4.78, 5) is 9.93. The van der Waals surface area contributed by atoms with Gasteiger partial charge in [-0.3, -0.25) is 0 Å². The van der Waals surface area contributed by atoms with Crippen molar-refractivity contribution in [3.63, 3.8) is 0 Å². The second-order valence-corrected chi connectivity index (χ2v) is 5.75. The maximum absolute atomic E-state index is 4.44. The van der Waals surface area contributed by atoms with E-state index in [0.717, 1.165) is 28.9 Å². The van der Waals surface area contributed by atoms with Gasteiger partial charge in [-0.05, 0) is 35.8 Å². The van der Waals surface area contributed by atoms with Gasteiger partial charge in [-0.1, -0.05) is 0 Å². The fraction of sp³-hybridized carbons (Fsp3) is 0.333. The van der Waals surface area contributed by atoms with E-state index in [9.17, 15) is 0 Å². The number of aryl methyl sites for hydroxylation is 1. The summed E-state index contributed by atoms with van der Waals surface area (Å²) < 4.78 is 1.12. The average Bonchev–Trinajstić information content (AvgIpc) is 2.76. The Kier molecular flexibility index (Phi) is 4.54. The lowest BCUT2D eigenvalue weighted by Gasteiger charge is -2.09. The predicted molar refractivity (Wildman–Crippen MR) is 80.3 cm³/mol. The summed E-state index contributed by atoms with van der Waals surface area (Å²) in [5, 5.41) is 8.53. The molecule has 0 bridgehead atoms. The van der Waals surface area contributed by atoms with E-state index in [1.165, 1.54) is 4.88 Å². The van der Waals surface area contributed by atoms with Crippen LogP contribution in [0.2, 0.25) is 0 Å². The van der Waals surface area contributed by atoms with Crippen molar-refractivity contribution in [2.24, 2.45) is 0 Å². The molecule has 4 nitrogen and oxygen atoms in total. The van der Waals surface area contributed by atoms with Gasteiger partial charge in [-0.25, -0.2) is 4.98 Å². The van der Waals surface area contributed by atoms with Crippen LogP contribution in [0.25, 0.3) is 0 Å². The Morgan fingerprint density at radius 3 is 2.89 bits per heavy atom. The molecule has 0 aliphatic heterocycles. The van der Waals surface area contributed by atoms with Crippen LogP contribution in [-0.4, -0.2) is 16.5 Å². The molecule has 0 atom stereocenters. The minimum absolute atomic E-state index is 0.665. The normalized spacial score (nSPS) is 10.4. The van der Waals surface area contributed by atoms with Crippen LogP contribution in [0.1, 0.15) is 17.4 Å². The molecule has 6 heteroatoms. The molecule has 2 N–H and O–H groups in total. The minimum atomic E-state index is 0.665. The van der Waals surface area contributed by atoms with Gasteiger partial charge in [-0.2, -0.15) is 4.98 Å². The largest absolute Gasteiger partial charge is 0.365 e. The number of nitrogens with one attached hydrogen (secondary N) is 2. The molecule has 96 valence electrons. The Morgan fingerprint density at radius 2 is 2.22 bits per heavy atom. The van der Waals surface area contributed by atoms with Crippen molar-refractivity contribution in [2.75, 3.05) is 17.2 Å². The molecule has 0 aliphatic rings. The third-order valence-electron chi connectivity index (χ3n) is 2.36. The zero-order chi connectivity index (χ0) is 13.0. The molecule has 2 aromatic rings. The zero-order valence-electron chi connectivity index (χ0n) is 10.3. The maximum Gasteiger partial charge on any atom is 0.224 e. The first-order valence-corrected chi connectivity index (χ1v) is 7.40. The highest BCUT2D eigenvalue weighted by Crippen LogP contribution is 2.21. The van der Waals surface area contributed by atoms with E-state index in [1.54, 1.807) is 11.3 Å². The van der Waals surface area contributed by atoms with Gasteiger partial charge in [0.2, 0.25) is 5.95 Å². The van der Waals surface area contributed by atoms with Gasteiger partial charge in [0.1, 0.15) is 5.82 Å². The van der Waals surface area contributed by atoms with Crippen molar-refractivity contribution in [3.05, 3.63) is 32.6 Å². The lowest BCUT2D eigenvalue weighted by molar-refractivity contribution is 1.04. The summed E-state index contributed by atoms with van der Waals surface area (Å²) in [6.45, 7) is 5.63. The predicted octanol–water partition coefficient (Wildman–Crippen LogP) is 3.65. The first kappa shape index (κ1) is 13.3. The third kappa shape index (κ3) is 3.43. The first-order chi connectivity index (χ1) is 8.69. The van der Waals surface area contributed by atoms with E-state index in [1.807, 2.05) is 20.0 Å². The van der Waals surface area contributed by atoms with E-state index in [4.69, 9.17) is 0 Å². The number of thiophene rings is 1. The Morgan fingerprint density at radius 1 is 1.39 bits per heavy atom. The third-order valence-corrected chi connectivity index (χ3v) is 4.06. The van der Waals surface area contributed by atoms with Crippen LogP contribution in [0.15, 0.2) is 22.1 Å². The monoisotopic (exact) mass is 326 g/mol. The van der Waals surface area contributed by atoms with Crippen LogP contribution in [-0.2, 0) is 6.54 Å². The lowest BCUT2D eigenvalue weighted by atomic mass is 10.3. The molecular weight excluding hydrogens is 312 g/mol. The Labute approximate surface area is 119 Å². The van der Waals surface area contributed by atoms with Crippen LogP contribution >= 0.6 is 27.3 Å². The second-order valence-electron chi connectivity index (χ2n) is 3.84. The standard InChI is InChI=1S/C12H15BrN4S/c1-3-14-12-16-5-8(2)11(17-12)15-6-10-4-9(13)7-18-10/h4-5,7H,3,6H2,1-2H3,(H2,14,15,16,17). The van der Waals surface area contributed by atoms with E-state index in [0.29, 0.717) is 5.95 Å². The highest BCUT2D eigenvalue weighted by atomic mass is 79.9. The Balaban J connectivity index is 2.05. The molecule has 2 aromatic heterocycles. The molecule has 0 amide bonds. The number of halogens is 1. The van der Waals surface area contributed by atoms with Gasteiger partial charge in [0.15, 0.2) is 0 Å². The highest BCUT2D eigenvalue weighted by molar-refractivity contribution is 9.10. The van der Waals surface area contributed by atoms with Crippen LogP contribution in [0.5, 0.6) is 0 Å². The summed E-state index contributed by atoms with van der Waals surface area (Å²) in [6.07, 6.45) is 1.83. The second kappa shape index (κ2) is 6.15. The molecule has 0 saturated carbocycles. The molecule has 0 radical (unpaired) electrons. The maximum atomic E-state index is 4.44. The number of aromatic nitrogens is 2. The van der Waals surface area contributed by atoms with Crippen LogP contribution < -0.4 is 10.6 Å². The van der Waals surface area contributed by atoms with E-state index in [2.05, 4.69) is 48.0 Å². The summed E-state index contributed by atoms with van der Waals surface area (Å²) in [7, 11) is 0. The Hall–Kier alpha value is -1.14. The molecular formula is C12H15BrN4S. The molecule has 2 heterocycles. The number of nitrogens with zero attached hydrogens (tertiary/aromatic N) is 2. The van der Waals surface area contributed by atoms with E-state index >= 15 is 0 Å². The van der Waals surface area contributed by atoms with Gasteiger partial charge in [0, 0.05) is 33.0 Å². The van der Waals surface area contributed by atoms with Gasteiger partial charge >= 0.3 is 0 Å². The number of hydrogen-bond acceptors (Lipinski definition) is 5. The molecule has 2 rings (SSSR count). The smallest absolute Gasteiger partial charge is 0.224 e. The van der Waals surface area contributed by atoms with Crippen molar-refractivity contribution in [2.45, 2.75) is 20.4 Å². The summed E-state index contributed by atoms with van der Waals surface area (Å²) in [5.41, 5.74) is 1.05. The minimum Gasteiger partial charge on any atom is -0.365 e. The summed E-state index contributed by atoms with van der Waals surface area (Å²) in [5.74, 6) is 1.54. The van der Waals surface area contributed by atoms with Crippen molar-refractivity contribution in [1.82, 2.24) is 9.97 Å². The van der Waals surface area contributed by atoms with E-state index in [-0.39, 0.29) is 0 Å². The van der Waals surface area contributed by atoms with Crippen molar-refractivity contribution in [1.29, 1.82) is 0 Å². The fourth-order valence-corrected chi connectivity index (χ4v) is 2.87. The van der Waals surface area contributed by atoms with Gasteiger partial charge in [0.05, 0.1) is 6.54 Å². The molecule has 0 fully saturated rings. The zero-order valence-corrected chi connectivity index (χ0v) is 12.7. The van der Waals surface area contributed by atoms with Gasteiger partial charge in [-0.15, -0.1) is 11.3 Å². The first-order valence-electron chi connectivity index (χ1n) is 5.73. The molecule has 18 heavy (non-hydrogen) atoms. The fourth-order valence-electron chi connectivity index (χ4n) is 1.48. The molecule has 0 aliphatic carbocycles. The number of rotatable bonds is 5. The average molecular weight is 327 g/mol. The summed E-state index contributed by atoms with van der Waals surface area (Å²) in [6, 6.07) is 2.11. The van der Waals surface area contributed by atoms with Crippen molar-refractivity contribution >= 4 is 39.0 Å². The van der Waals surface area contributed by atoms with Crippen molar-refractivity contribution < 1.29 is 0 Å². The quantitative estimate of drug-likeness (QED) is 0.880. The van der Waals surface area contributed by atoms with Crippen molar-refractivity contribution in [3.8, 4) is 0 Å². The molecule has 0 unspecified atom stereocenters. The van der Waals surface area contributed by atoms with Gasteiger partial charge in [0.25, 0.3) is 0 Å². The molecule has 0 spiro atoms. The summed E-state index contributed by atoms with van der Waals surface area (Å²) >= 11 is 5.17. The van der Waals surface area contributed by atoms with Gasteiger partial charge < -0.3 is 10.6 Å². The topological polar surface area (TPSA) is 49.8 Å². The molecule has 0 aromatic carbocycles. The highest BCUT2D eigenvalue weighted by Gasteiger charge is 2.04. The van der Waals surface area contributed by atoms with Crippen LogP contribution in [0.3, 0.4) is 0 Å². The Bertz CT molecular complexity index is 527. The number of anilines is 2. The number of hydrogen-bond donors (Lipinski definition) is 2.